The van der Waals surface area contributed by atoms with E-state index in [2.05, 4.69) is 0 Å². The normalized spacial score (nSPS) is 25.1. The summed E-state index contributed by atoms with van der Waals surface area (Å²) < 4.78 is 20.1. The SMILES string of the molecule is CCOC(=O)C1CC(C(=O)OCC)C(C(=O)OCC)C1C(=O)OCC. The highest BCUT2D eigenvalue weighted by Gasteiger charge is 2.57. The molecule has 0 aliphatic heterocycles. The van der Waals surface area contributed by atoms with E-state index < -0.39 is 47.5 Å². The van der Waals surface area contributed by atoms with Gasteiger partial charge in [0, 0.05) is 0 Å². The van der Waals surface area contributed by atoms with E-state index in [0.29, 0.717) is 0 Å². The largest absolute Gasteiger partial charge is 0.466 e. The highest BCUT2D eigenvalue weighted by Crippen LogP contribution is 2.44. The predicted octanol–water partition coefficient (Wildman–Crippen LogP) is 1.11. The van der Waals surface area contributed by atoms with Gasteiger partial charge in [-0.05, 0) is 34.1 Å². The maximum absolute atomic E-state index is 12.4. The van der Waals surface area contributed by atoms with Crippen molar-refractivity contribution in [3.8, 4) is 0 Å². The number of carbonyl (C=O) groups excluding carboxylic acids is 4. The molecule has 8 heteroatoms. The summed E-state index contributed by atoms with van der Waals surface area (Å²) in [4.78, 5) is 49.4. The molecule has 0 amide bonds. The van der Waals surface area contributed by atoms with Crippen molar-refractivity contribution in [3.05, 3.63) is 0 Å². The van der Waals surface area contributed by atoms with Crippen molar-refractivity contribution >= 4 is 23.9 Å². The summed E-state index contributed by atoms with van der Waals surface area (Å²) in [5.41, 5.74) is 0. The molecule has 4 unspecified atom stereocenters. The first-order chi connectivity index (χ1) is 11.9. The molecule has 0 radical (unpaired) electrons. The first-order valence-electron chi connectivity index (χ1n) is 8.59. The van der Waals surface area contributed by atoms with Gasteiger partial charge in [0.2, 0.25) is 0 Å². The second-order valence-corrected chi connectivity index (χ2v) is 5.51. The Morgan fingerprint density at radius 1 is 0.600 bits per heavy atom. The maximum atomic E-state index is 12.4. The predicted molar refractivity (Wildman–Crippen MR) is 85.1 cm³/mol. The minimum atomic E-state index is -1.13. The zero-order valence-electron chi connectivity index (χ0n) is 15.1. The van der Waals surface area contributed by atoms with Crippen LogP contribution in [0.25, 0.3) is 0 Å². The Morgan fingerprint density at radius 3 is 1.16 bits per heavy atom. The van der Waals surface area contributed by atoms with E-state index in [1.54, 1.807) is 27.7 Å². The van der Waals surface area contributed by atoms with Crippen LogP contribution in [0.15, 0.2) is 0 Å². The van der Waals surface area contributed by atoms with Crippen LogP contribution in [0.5, 0.6) is 0 Å². The van der Waals surface area contributed by atoms with Gasteiger partial charge in [-0.2, -0.15) is 0 Å². The van der Waals surface area contributed by atoms with Gasteiger partial charge in [0.15, 0.2) is 0 Å². The van der Waals surface area contributed by atoms with Gasteiger partial charge in [0.05, 0.1) is 50.1 Å². The molecule has 8 nitrogen and oxygen atoms in total. The van der Waals surface area contributed by atoms with E-state index in [1.165, 1.54) is 0 Å². The summed E-state index contributed by atoms with van der Waals surface area (Å²) in [5, 5.41) is 0. The third-order valence-corrected chi connectivity index (χ3v) is 4.06. The molecule has 1 aliphatic rings. The van der Waals surface area contributed by atoms with E-state index in [9.17, 15) is 19.2 Å². The monoisotopic (exact) mass is 358 g/mol. The van der Waals surface area contributed by atoms with Gasteiger partial charge >= 0.3 is 23.9 Å². The minimum absolute atomic E-state index is 0.0232. The number of ether oxygens (including phenoxy) is 4. The summed E-state index contributed by atoms with van der Waals surface area (Å²) in [5.74, 6) is -6.88. The van der Waals surface area contributed by atoms with Crippen molar-refractivity contribution in [3.63, 3.8) is 0 Å². The van der Waals surface area contributed by atoms with E-state index in [0.717, 1.165) is 0 Å². The Morgan fingerprint density at radius 2 is 0.880 bits per heavy atom. The van der Waals surface area contributed by atoms with Gasteiger partial charge in [-0.25, -0.2) is 0 Å². The summed E-state index contributed by atoms with van der Waals surface area (Å²) in [6.07, 6.45) is -0.0232. The van der Waals surface area contributed by atoms with Crippen LogP contribution in [0.3, 0.4) is 0 Å². The molecule has 0 bridgehead atoms. The molecule has 0 aromatic carbocycles. The molecule has 0 heterocycles. The molecular weight excluding hydrogens is 332 g/mol. The molecule has 1 aliphatic carbocycles. The summed E-state index contributed by atoms with van der Waals surface area (Å²) >= 11 is 0. The van der Waals surface area contributed by atoms with Crippen LogP contribution in [0.4, 0.5) is 0 Å². The first-order valence-corrected chi connectivity index (χ1v) is 8.59. The zero-order chi connectivity index (χ0) is 19.0. The van der Waals surface area contributed by atoms with Gasteiger partial charge in [0.25, 0.3) is 0 Å². The molecule has 0 spiro atoms. The Bertz CT molecular complexity index is 457. The van der Waals surface area contributed by atoms with Crippen molar-refractivity contribution in [2.75, 3.05) is 26.4 Å². The molecule has 0 saturated heterocycles. The summed E-state index contributed by atoms with van der Waals surface area (Å²) in [6, 6.07) is 0. The van der Waals surface area contributed by atoms with Crippen molar-refractivity contribution in [1.29, 1.82) is 0 Å². The number of carbonyl (C=O) groups is 4. The average molecular weight is 358 g/mol. The molecule has 25 heavy (non-hydrogen) atoms. The van der Waals surface area contributed by atoms with Crippen molar-refractivity contribution in [2.45, 2.75) is 34.1 Å². The fourth-order valence-electron chi connectivity index (χ4n) is 3.15. The van der Waals surface area contributed by atoms with E-state index in [-0.39, 0.29) is 32.8 Å². The van der Waals surface area contributed by atoms with Crippen LogP contribution in [0.1, 0.15) is 34.1 Å². The van der Waals surface area contributed by atoms with Crippen LogP contribution in [0, 0.1) is 23.7 Å². The second kappa shape index (κ2) is 10.0. The van der Waals surface area contributed by atoms with Gasteiger partial charge in [-0.3, -0.25) is 19.2 Å². The van der Waals surface area contributed by atoms with Crippen LogP contribution in [-0.2, 0) is 38.1 Å². The molecular formula is C17H26O8. The van der Waals surface area contributed by atoms with Crippen molar-refractivity contribution < 1.29 is 38.1 Å². The van der Waals surface area contributed by atoms with Crippen LogP contribution < -0.4 is 0 Å². The quantitative estimate of drug-likeness (QED) is 0.469. The fourth-order valence-corrected chi connectivity index (χ4v) is 3.15. The molecule has 0 N–H and O–H groups in total. The van der Waals surface area contributed by atoms with Gasteiger partial charge in [-0.15, -0.1) is 0 Å². The van der Waals surface area contributed by atoms with Crippen molar-refractivity contribution in [1.82, 2.24) is 0 Å². The zero-order valence-corrected chi connectivity index (χ0v) is 15.1. The lowest BCUT2D eigenvalue weighted by molar-refractivity contribution is -0.167. The fraction of sp³-hybridized carbons (Fsp3) is 0.765. The van der Waals surface area contributed by atoms with Crippen LogP contribution >= 0.6 is 0 Å². The summed E-state index contributed by atoms with van der Waals surface area (Å²) in [6.45, 7) is 6.94. The molecule has 0 aromatic rings. The number of hydrogen-bond donors (Lipinski definition) is 0. The minimum Gasteiger partial charge on any atom is -0.466 e. The molecule has 1 saturated carbocycles. The van der Waals surface area contributed by atoms with Crippen molar-refractivity contribution in [2.24, 2.45) is 23.7 Å². The second-order valence-electron chi connectivity index (χ2n) is 5.51. The number of rotatable bonds is 8. The standard InChI is InChI=1S/C17H26O8/c1-5-22-14(18)10-9-11(15(19)23-6-2)13(17(21)25-8-4)12(10)16(20)24-7-3/h10-13H,5-9H2,1-4H3. The topological polar surface area (TPSA) is 105 Å². The van der Waals surface area contributed by atoms with Crippen LogP contribution in [0.2, 0.25) is 0 Å². The van der Waals surface area contributed by atoms with E-state index >= 15 is 0 Å². The summed E-state index contributed by atoms with van der Waals surface area (Å²) in [7, 11) is 0. The molecule has 0 aromatic heterocycles. The lowest BCUT2D eigenvalue weighted by atomic mass is 9.86. The van der Waals surface area contributed by atoms with E-state index in [1.807, 2.05) is 0 Å². The lowest BCUT2D eigenvalue weighted by Gasteiger charge is -2.22. The Kier molecular flexibility index (Phi) is 8.37. The van der Waals surface area contributed by atoms with E-state index in [4.69, 9.17) is 18.9 Å². The molecule has 142 valence electrons. The van der Waals surface area contributed by atoms with Gasteiger partial charge in [-0.1, -0.05) is 0 Å². The number of esters is 4. The smallest absolute Gasteiger partial charge is 0.310 e. The van der Waals surface area contributed by atoms with Gasteiger partial charge < -0.3 is 18.9 Å². The molecule has 1 fully saturated rings. The first kappa shape index (κ1) is 20.9. The average Bonchev–Trinajstić information content (AvgIpc) is 2.96. The third-order valence-electron chi connectivity index (χ3n) is 4.06. The molecule has 4 atom stereocenters. The highest BCUT2D eigenvalue weighted by atomic mass is 16.6. The van der Waals surface area contributed by atoms with Crippen LogP contribution in [-0.4, -0.2) is 50.3 Å². The molecule has 1 rings (SSSR count). The number of hydrogen-bond acceptors (Lipinski definition) is 8. The third kappa shape index (κ3) is 4.93. The highest BCUT2D eigenvalue weighted by molar-refractivity contribution is 5.92. The maximum Gasteiger partial charge on any atom is 0.310 e. The Balaban J connectivity index is 3.25. The lowest BCUT2D eigenvalue weighted by Crippen LogP contribution is -2.38. The van der Waals surface area contributed by atoms with Gasteiger partial charge in [0.1, 0.15) is 0 Å². The Labute approximate surface area is 147 Å². The Hall–Kier alpha value is -2.12.